The predicted molar refractivity (Wildman–Crippen MR) is 68.7 cm³/mol. The number of ether oxygens (including phenoxy) is 1. The molecular formula is C12H11BrF3NO3. The van der Waals surface area contributed by atoms with E-state index in [-0.39, 0.29) is 11.9 Å². The molecule has 8 heteroatoms. The second-order valence-electron chi connectivity index (χ2n) is 4.55. The number of hydrogen-bond acceptors (Lipinski definition) is 3. The Balaban J connectivity index is 2.45. The van der Waals surface area contributed by atoms with Gasteiger partial charge in [-0.3, -0.25) is 10.1 Å². The van der Waals surface area contributed by atoms with Gasteiger partial charge in [0, 0.05) is 6.07 Å². The van der Waals surface area contributed by atoms with E-state index in [1.54, 1.807) is 0 Å². The van der Waals surface area contributed by atoms with Crippen LogP contribution in [0.1, 0.15) is 31.2 Å². The molecule has 0 spiro atoms. The van der Waals surface area contributed by atoms with Crippen LogP contribution in [-0.4, -0.2) is 11.0 Å². The first kappa shape index (κ1) is 15.1. The fraction of sp³-hybridized carbons (Fsp3) is 0.500. The lowest BCUT2D eigenvalue weighted by atomic mass is 10.1. The van der Waals surface area contributed by atoms with E-state index in [4.69, 9.17) is 4.74 Å². The minimum Gasteiger partial charge on any atom is -0.490 e. The van der Waals surface area contributed by atoms with E-state index in [2.05, 4.69) is 15.9 Å². The molecule has 0 amide bonds. The van der Waals surface area contributed by atoms with Gasteiger partial charge in [0.1, 0.15) is 15.8 Å². The molecule has 0 saturated heterocycles. The summed E-state index contributed by atoms with van der Waals surface area (Å²) in [7, 11) is 0. The van der Waals surface area contributed by atoms with Crippen molar-refractivity contribution in [1.29, 1.82) is 0 Å². The minimum absolute atomic E-state index is 0.260. The maximum absolute atomic E-state index is 13.1. The van der Waals surface area contributed by atoms with Crippen LogP contribution in [0.2, 0.25) is 0 Å². The van der Waals surface area contributed by atoms with Gasteiger partial charge in [-0.15, -0.1) is 0 Å². The zero-order valence-electron chi connectivity index (χ0n) is 10.2. The normalized spacial score (nSPS) is 16.4. The molecule has 0 aromatic heterocycles. The highest BCUT2D eigenvalue weighted by molar-refractivity contribution is 9.10. The SMILES string of the molecule is O=[N+]([O-])c1ccc(OC2CCCC2)c(C(F)(F)F)c1Br. The zero-order valence-corrected chi connectivity index (χ0v) is 11.8. The Morgan fingerprint density at radius 1 is 1.30 bits per heavy atom. The average Bonchev–Trinajstić information content (AvgIpc) is 2.79. The number of halogens is 4. The lowest BCUT2D eigenvalue weighted by Gasteiger charge is -2.19. The second-order valence-corrected chi connectivity index (χ2v) is 5.34. The van der Waals surface area contributed by atoms with Crippen molar-refractivity contribution < 1.29 is 22.8 Å². The van der Waals surface area contributed by atoms with Gasteiger partial charge in [-0.25, -0.2) is 0 Å². The molecule has 0 heterocycles. The second kappa shape index (κ2) is 5.59. The van der Waals surface area contributed by atoms with Crippen molar-refractivity contribution in [2.24, 2.45) is 0 Å². The van der Waals surface area contributed by atoms with Gasteiger partial charge in [0.2, 0.25) is 0 Å². The third-order valence-corrected chi connectivity index (χ3v) is 3.96. The molecule has 0 aliphatic heterocycles. The van der Waals surface area contributed by atoms with E-state index >= 15 is 0 Å². The summed E-state index contributed by atoms with van der Waals surface area (Å²) >= 11 is 2.68. The smallest absolute Gasteiger partial charge is 0.421 e. The molecule has 1 aliphatic rings. The predicted octanol–water partition coefficient (Wildman–Crippen LogP) is 4.70. The first-order valence-corrected chi connectivity index (χ1v) is 6.80. The summed E-state index contributed by atoms with van der Waals surface area (Å²) in [6, 6.07) is 2.04. The van der Waals surface area contributed by atoms with Crippen LogP contribution < -0.4 is 4.74 Å². The van der Waals surface area contributed by atoms with E-state index in [1.165, 1.54) is 0 Å². The molecule has 2 rings (SSSR count). The topological polar surface area (TPSA) is 52.4 Å². The number of rotatable bonds is 3. The summed E-state index contributed by atoms with van der Waals surface area (Å²) in [5.74, 6) is -0.359. The number of nitro benzene ring substituents is 1. The number of alkyl halides is 3. The summed E-state index contributed by atoms with van der Waals surface area (Å²) in [5.41, 5.74) is -1.75. The third-order valence-electron chi connectivity index (χ3n) is 3.16. The lowest BCUT2D eigenvalue weighted by molar-refractivity contribution is -0.386. The van der Waals surface area contributed by atoms with Crippen molar-refractivity contribution in [2.75, 3.05) is 0 Å². The first-order valence-electron chi connectivity index (χ1n) is 6.01. The molecule has 0 atom stereocenters. The summed E-state index contributed by atoms with van der Waals surface area (Å²) in [6.45, 7) is 0. The maximum Gasteiger partial charge on any atom is 0.421 e. The van der Waals surface area contributed by atoms with Crippen LogP contribution in [0.4, 0.5) is 18.9 Å². The van der Waals surface area contributed by atoms with E-state index in [0.29, 0.717) is 12.8 Å². The molecule has 110 valence electrons. The Kier molecular flexibility index (Phi) is 4.22. The number of benzene rings is 1. The van der Waals surface area contributed by atoms with Crippen molar-refractivity contribution in [3.8, 4) is 5.75 Å². The van der Waals surface area contributed by atoms with Gasteiger partial charge in [0.15, 0.2) is 0 Å². The maximum atomic E-state index is 13.1. The molecule has 0 N–H and O–H groups in total. The monoisotopic (exact) mass is 353 g/mol. The van der Waals surface area contributed by atoms with Crippen LogP contribution in [0, 0.1) is 10.1 Å². The van der Waals surface area contributed by atoms with Gasteiger partial charge in [-0.1, -0.05) is 0 Å². The quantitative estimate of drug-likeness (QED) is 0.584. The molecular weight excluding hydrogens is 343 g/mol. The van der Waals surface area contributed by atoms with Crippen LogP contribution in [0.5, 0.6) is 5.75 Å². The summed E-state index contributed by atoms with van der Waals surface area (Å²) < 4.78 is 44.1. The van der Waals surface area contributed by atoms with Crippen molar-refractivity contribution in [2.45, 2.75) is 38.0 Å². The Labute approximate surface area is 121 Å². The molecule has 0 radical (unpaired) electrons. The highest BCUT2D eigenvalue weighted by Crippen LogP contribution is 2.45. The van der Waals surface area contributed by atoms with Crippen LogP contribution in [-0.2, 0) is 6.18 Å². The summed E-state index contributed by atoms with van der Waals surface area (Å²) in [4.78, 5) is 9.86. The van der Waals surface area contributed by atoms with Gasteiger partial charge in [0.05, 0.1) is 11.0 Å². The van der Waals surface area contributed by atoms with E-state index < -0.39 is 26.8 Å². The molecule has 1 fully saturated rings. The molecule has 1 aromatic rings. The zero-order chi connectivity index (χ0) is 14.9. The molecule has 1 aromatic carbocycles. The van der Waals surface area contributed by atoms with Crippen LogP contribution in [0.25, 0.3) is 0 Å². The first-order chi connectivity index (χ1) is 9.30. The van der Waals surface area contributed by atoms with Gasteiger partial charge in [-0.05, 0) is 47.7 Å². The Hall–Kier alpha value is -1.31. The lowest BCUT2D eigenvalue weighted by Crippen LogP contribution is -2.16. The fourth-order valence-electron chi connectivity index (χ4n) is 2.24. The Bertz CT molecular complexity index is 527. The Morgan fingerprint density at radius 2 is 1.90 bits per heavy atom. The van der Waals surface area contributed by atoms with Crippen LogP contribution in [0.15, 0.2) is 16.6 Å². The van der Waals surface area contributed by atoms with Gasteiger partial charge in [-0.2, -0.15) is 13.2 Å². The van der Waals surface area contributed by atoms with Crippen molar-refractivity contribution in [3.63, 3.8) is 0 Å². The summed E-state index contributed by atoms with van der Waals surface area (Å²) in [6.07, 6.45) is -1.75. The standard InChI is InChI=1S/C12H11BrF3NO3/c13-11-8(17(18)19)5-6-9(10(11)12(14,15)16)20-7-3-1-2-4-7/h5-7H,1-4H2. The molecule has 1 aliphatic carbocycles. The molecule has 20 heavy (non-hydrogen) atoms. The molecule has 0 bridgehead atoms. The van der Waals surface area contributed by atoms with Gasteiger partial charge >= 0.3 is 6.18 Å². The van der Waals surface area contributed by atoms with E-state index in [9.17, 15) is 23.3 Å². The van der Waals surface area contributed by atoms with Gasteiger partial charge < -0.3 is 4.74 Å². The third kappa shape index (κ3) is 3.05. The molecule has 0 unspecified atom stereocenters. The van der Waals surface area contributed by atoms with E-state index in [0.717, 1.165) is 25.0 Å². The van der Waals surface area contributed by atoms with Crippen LogP contribution in [0.3, 0.4) is 0 Å². The highest BCUT2D eigenvalue weighted by atomic mass is 79.9. The number of nitrogens with zero attached hydrogens (tertiary/aromatic N) is 1. The number of hydrogen-bond donors (Lipinski definition) is 0. The average molecular weight is 354 g/mol. The molecule has 4 nitrogen and oxygen atoms in total. The summed E-state index contributed by atoms with van der Waals surface area (Å²) in [5, 5.41) is 10.7. The van der Waals surface area contributed by atoms with Crippen molar-refractivity contribution in [3.05, 3.63) is 32.3 Å². The van der Waals surface area contributed by atoms with Crippen molar-refractivity contribution >= 4 is 21.6 Å². The fourth-order valence-corrected chi connectivity index (χ4v) is 2.93. The Morgan fingerprint density at radius 3 is 2.40 bits per heavy atom. The molecule has 1 saturated carbocycles. The van der Waals surface area contributed by atoms with Crippen molar-refractivity contribution in [1.82, 2.24) is 0 Å². The number of nitro groups is 1. The largest absolute Gasteiger partial charge is 0.490 e. The van der Waals surface area contributed by atoms with E-state index in [1.807, 2.05) is 0 Å². The van der Waals surface area contributed by atoms with Gasteiger partial charge in [0.25, 0.3) is 5.69 Å². The van der Waals surface area contributed by atoms with Crippen LogP contribution >= 0.6 is 15.9 Å². The minimum atomic E-state index is -4.72. The highest BCUT2D eigenvalue weighted by Gasteiger charge is 2.40.